The van der Waals surface area contributed by atoms with E-state index in [1.165, 1.54) is 0 Å². The van der Waals surface area contributed by atoms with E-state index in [-0.39, 0.29) is 5.92 Å². The molecule has 2 unspecified atom stereocenters. The van der Waals surface area contributed by atoms with E-state index >= 15 is 0 Å². The fraction of sp³-hybridized carbons (Fsp3) is 0.381. The summed E-state index contributed by atoms with van der Waals surface area (Å²) in [6.07, 6.45) is -7.37. The van der Waals surface area contributed by atoms with Crippen LogP contribution in [-0.4, -0.2) is 62.3 Å². The molecule has 7 heteroatoms. The third-order valence-corrected chi connectivity index (χ3v) is 5.58. The van der Waals surface area contributed by atoms with Crippen LogP contribution in [0.3, 0.4) is 0 Å². The fourth-order valence-corrected chi connectivity index (χ4v) is 3.88. The van der Waals surface area contributed by atoms with Crippen LogP contribution in [0.2, 0.25) is 5.02 Å². The number of benzene rings is 2. The summed E-state index contributed by atoms with van der Waals surface area (Å²) in [4.78, 5) is 13.0. The molecule has 0 fully saturated rings. The van der Waals surface area contributed by atoms with Crippen LogP contribution in [0.4, 0.5) is 0 Å². The quantitative estimate of drug-likeness (QED) is 0.466. The number of aryl methyl sites for hydroxylation is 1. The van der Waals surface area contributed by atoms with Crippen molar-refractivity contribution in [2.24, 2.45) is 0 Å². The summed E-state index contributed by atoms with van der Waals surface area (Å²) in [5, 5.41) is 49.2. The highest BCUT2D eigenvalue weighted by atomic mass is 35.5. The number of halogens is 1. The molecule has 0 spiro atoms. The van der Waals surface area contributed by atoms with Gasteiger partial charge in [0.25, 0.3) is 0 Å². The molecule has 1 aliphatic carbocycles. The molecule has 0 aromatic heterocycles. The third-order valence-electron chi connectivity index (χ3n) is 5.34. The van der Waals surface area contributed by atoms with E-state index in [0.29, 0.717) is 10.6 Å². The first kappa shape index (κ1) is 20.9. The van der Waals surface area contributed by atoms with Gasteiger partial charge < -0.3 is 25.5 Å². The van der Waals surface area contributed by atoms with Crippen LogP contribution in [0.1, 0.15) is 34.1 Å². The van der Waals surface area contributed by atoms with Crippen LogP contribution in [0.25, 0.3) is 0 Å². The van der Waals surface area contributed by atoms with Crippen molar-refractivity contribution in [1.29, 1.82) is 0 Å². The van der Waals surface area contributed by atoms with Crippen LogP contribution in [-0.2, 0) is 4.79 Å². The van der Waals surface area contributed by atoms with Crippen molar-refractivity contribution < 1.29 is 30.3 Å². The lowest BCUT2D eigenvalue weighted by atomic mass is 9.62. The minimum absolute atomic E-state index is 0.344. The molecule has 0 radical (unpaired) electrons. The molecule has 2 aromatic rings. The largest absolute Gasteiger partial charge is 0.394 e. The summed E-state index contributed by atoms with van der Waals surface area (Å²) < 4.78 is 0. The van der Waals surface area contributed by atoms with E-state index in [0.717, 1.165) is 16.7 Å². The molecule has 6 nitrogen and oxygen atoms in total. The summed E-state index contributed by atoms with van der Waals surface area (Å²) >= 11 is 6.10. The number of hydrogen-bond acceptors (Lipinski definition) is 6. The average Bonchev–Trinajstić information content (AvgIpc) is 2.68. The number of carbonyl (C=O) groups is 1. The predicted octanol–water partition coefficient (Wildman–Crippen LogP) is 0.883. The molecule has 2 aromatic carbocycles. The molecule has 0 saturated heterocycles. The van der Waals surface area contributed by atoms with Crippen molar-refractivity contribution >= 4 is 17.4 Å². The van der Waals surface area contributed by atoms with Gasteiger partial charge in [-0.3, -0.25) is 4.79 Å². The van der Waals surface area contributed by atoms with Crippen molar-refractivity contribution in [2.75, 3.05) is 6.61 Å². The normalized spacial score (nSPS) is 22.5. The molecule has 0 heterocycles. The minimum Gasteiger partial charge on any atom is -0.394 e. The Bertz CT molecular complexity index is 852. The van der Waals surface area contributed by atoms with Crippen molar-refractivity contribution in [3.8, 4) is 0 Å². The lowest BCUT2D eigenvalue weighted by molar-refractivity contribution is -0.149. The zero-order valence-electron chi connectivity index (χ0n) is 15.2. The fourth-order valence-electron chi connectivity index (χ4n) is 3.70. The van der Waals surface area contributed by atoms with Crippen LogP contribution in [0.5, 0.6) is 0 Å². The maximum Gasteiger partial charge on any atom is 0.172 e. The Balaban J connectivity index is 1.92. The Morgan fingerprint density at radius 1 is 1.00 bits per heavy atom. The monoisotopic (exact) mass is 406 g/mol. The summed E-state index contributed by atoms with van der Waals surface area (Å²) in [5.41, 5.74) is 3.50. The number of Topliss-reactive ketones (excluding diaryl/α,β-unsaturated/α-hetero) is 1. The number of carbonyl (C=O) groups excluding carboxylic acids is 1. The van der Waals surface area contributed by atoms with Crippen LogP contribution >= 0.6 is 11.6 Å². The van der Waals surface area contributed by atoms with Gasteiger partial charge in [0.1, 0.15) is 24.4 Å². The first-order chi connectivity index (χ1) is 13.3. The van der Waals surface area contributed by atoms with Gasteiger partial charge >= 0.3 is 0 Å². The van der Waals surface area contributed by atoms with Crippen LogP contribution in [0, 0.1) is 6.92 Å². The van der Waals surface area contributed by atoms with Crippen molar-refractivity contribution in [1.82, 2.24) is 0 Å². The van der Waals surface area contributed by atoms with Gasteiger partial charge in [0, 0.05) is 10.9 Å². The topological polar surface area (TPSA) is 118 Å². The van der Waals surface area contributed by atoms with Crippen LogP contribution in [0.15, 0.2) is 42.5 Å². The molecule has 0 saturated carbocycles. The second-order valence-corrected chi connectivity index (χ2v) is 7.65. The highest BCUT2D eigenvalue weighted by Crippen LogP contribution is 2.52. The molecule has 3 rings (SSSR count). The maximum atomic E-state index is 13.0. The van der Waals surface area contributed by atoms with E-state index < -0.39 is 42.7 Å². The number of ketones is 1. The first-order valence-electron chi connectivity index (χ1n) is 8.99. The molecule has 0 bridgehead atoms. The van der Waals surface area contributed by atoms with E-state index in [1.54, 1.807) is 18.2 Å². The highest BCUT2D eigenvalue weighted by molar-refractivity contribution is 6.30. The third kappa shape index (κ3) is 3.72. The lowest BCUT2D eigenvalue weighted by Crippen LogP contribution is -2.51. The summed E-state index contributed by atoms with van der Waals surface area (Å²) in [6.45, 7) is 1.14. The van der Waals surface area contributed by atoms with Gasteiger partial charge in [0.2, 0.25) is 0 Å². The van der Waals surface area contributed by atoms with E-state index in [2.05, 4.69) is 0 Å². The number of aliphatic hydroxyl groups is 5. The second-order valence-electron chi connectivity index (χ2n) is 7.22. The SMILES string of the molecule is Cc1ccc(C2c3cc(Cl)ccc3C2C(=O)[C@H](O)[C@@H](O)[C@H](O)[C@H](O)CO)cc1. The Kier molecular flexibility index (Phi) is 6.19. The van der Waals surface area contributed by atoms with E-state index in [9.17, 15) is 25.2 Å². The maximum absolute atomic E-state index is 13.0. The zero-order chi connectivity index (χ0) is 20.6. The standard InChI is InChI=1S/C21H23ClO6/c1-10-2-4-11(5-3-10)16-14-8-12(22)6-7-13(14)17(16)19(26)21(28)20(27)18(25)15(24)9-23/h2-8,15-18,20-21,23-25,27-28H,9H2,1H3/t15-,16?,17?,18-,20+,21+/m1/s1. The Hall–Kier alpha value is -1.80. The number of fused-ring (bicyclic) bond motifs is 1. The molecule has 0 amide bonds. The van der Waals surface area contributed by atoms with Crippen molar-refractivity contribution in [3.63, 3.8) is 0 Å². The number of aliphatic hydroxyl groups excluding tert-OH is 5. The Morgan fingerprint density at radius 2 is 1.64 bits per heavy atom. The Morgan fingerprint density at radius 3 is 2.25 bits per heavy atom. The van der Waals surface area contributed by atoms with Crippen LogP contribution < -0.4 is 0 Å². The van der Waals surface area contributed by atoms with Gasteiger partial charge in [-0.25, -0.2) is 0 Å². The zero-order valence-corrected chi connectivity index (χ0v) is 16.0. The van der Waals surface area contributed by atoms with E-state index in [1.807, 2.05) is 31.2 Å². The first-order valence-corrected chi connectivity index (χ1v) is 9.36. The van der Waals surface area contributed by atoms with E-state index in [4.69, 9.17) is 16.7 Å². The minimum atomic E-state index is -1.93. The highest BCUT2D eigenvalue weighted by Gasteiger charge is 2.47. The lowest BCUT2D eigenvalue weighted by Gasteiger charge is -2.41. The molecule has 0 aliphatic heterocycles. The summed E-state index contributed by atoms with van der Waals surface area (Å²) in [5.74, 6) is -1.74. The molecular weight excluding hydrogens is 384 g/mol. The summed E-state index contributed by atoms with van der Waals surface area (Å²) in [7, 11) is 0. The molecular formula is C21H23ClO6. The van der Waals surface area contributed by atoms with Crippen molar-refractivity contribution in [3.05, 3.63) is 69.7 Å². The van der Waals surface area contributed by atoms with Gasteiger partial charge in [-0.1, -0.05) is 47.5 Å². The second kappa shape index (κ2) is 8.29. The van der Waals surface area contributed by atoms with Gasteiger partial charge in [-0.2, -0.15) is 0 Å². The molecule has 5 N–H and O–H groups in total. The molecule has 6 atom stereocenters. The summed E-state index contributed by atoms with van der Waals surface area (Å²) in [6, 6.07) is 12.8. The number of rotatable bonds is 7. The molecule has 28 heavy (non-hydrogen) atoms. The van der Waals surface area contributed by atoms with Crippen molar-refractivity contribution in [2.45, 2.75) is 43.2 Å². The molecule has 150 valence electrons. The van der Waals surface area contributed by atoms with Gasteiger partial charge in [-0.15, -0.1) is 0 Å². The molecule has 1 aliphatic rings. The predicted molar refractivity (Wildman–Crippen MR) is 103 cm³/mol. The van der Waals surface area contributed by atoms with Gasteiger partial charge in [0.15, 0.2) is 5.78 Å². The Labute approximate surface area is 167 Å². The average molecular weight is 407 g/mol. The van der Waals surface area contributed by atoms with Gasteiger partial charge in [-0.05, 0) is 35.7 Å². The van der Waals surface area contributed by atoms with Gasteiger partial charge in [0.05, 0.1) is 12.5 Å². The number of hydrogen-bond donors (Lipinski definition) is 5. The smallest absolute Gasteiger partial charge is 0.172 e.